The van der Waals surface area contributed by atoms with Crippen molar-refractivity contribution in [2.45, 2.75) is 45.6 Å². The zero-order valence-electron chi connectivity index (χ0n) is 16.2. The van der Waals surface area contributed by atoms with E-state index in [0.29, 0.717) is 5.56 Å². The number of rotatable bonds is 7. The standard InChI is InChI=1S/C18H24N2O8/c1-11-7-20(17(24)19-16(11)23)13-6-5-12(27-13)8-26-14(21)9-25-10-15(22)28-18(2,3)4/h5-7,12-13H,8-10H2,1-4H3,(H,19,23,24). The van der Waals surface area contributed by atoms with Crippen LogP contribution in [0.4, 0.5) is 0 Å². The van der Waals surface area contributed by atoms with Crippen molar-refractivity contribution in [3.63, 3.8) is 0 Å². The predicted octanol–water partition coefficient (Wildman–Crippen LogP) is 0.200. The maximum atomic E-state index is 11.9. The van der Waals surface area contributed by atoms with Crippen molar-refractivity contribution in [3.05, 3.63) is 44.8 Å². The molecule has 0 saturated heterocycles. The average Bonchev–Trinajstić information content (AvgIpc) is 3.03. The van der Waals surface area contributed by atoms with Crippen molar-refractivity contribution in [1.29, 1.82) is 0 Å². The molecule has 2 heterocycles. The van der Waals surface area contributed by atoms with E-state index < -0.39 is 47.7 Å². The Labute approximate surface area is 161 Å². The first-order valence-corrected chi connectivity index (χ1v) is 8.66. The lowest BCUT2D eigenvalue weighted by Gasteiger charge is -2.19. The number of carbonyl (C=O) groups is 2. The largest absolute Gasteiger partial charge is 0.461 e. The number of H-pyrrole nitrogens is 1. The van der Waals surface area contributed by atoms with Crippen LogP contribution in [0.25, 0.3) is 0 Å². The van der Waals surface area contributed by atoms with Gasteiger partial charge in [0.1, 0.15) is 31.5 Å². The van der Waals surface area contributed by atoms with Crippen LogP contribution in [-0.2, 0) is 28.5 Å². The van der Waals surface area contributed by atoms with Crippen LogP contribution in [-0.4, -0.2) is 53.0 Å². The fraction of sp³-hybridized carbons (Fsp3) is 0.556. The molecule has 0 bridgehead atoms. The number of carbonyl (C=O) groups excluding carboxylic acids is 2. The minimum Gasteiger partial charge on any atom is -0.461 e. The Hall–Kier alpha value is -2.72. The quantitative estimate of drug-likeness (QED) is 0.512. The molecule has 0 aliphatic carbocycles. The van der Waals surface area contributed by atoms with Gasteiger partial charge in [-0.15, -0.1) is 0 Å². The molecule has 2 unspecified atom stereocenters. The number of aryl methyl sites for hydroxylation is 1. The highest BCUT2D eigenvalue weighted by atomic mass is 16.6. The predicted molar refractivity (Wildman–Crippen MR) is 96.7 cm³/mol. The van der Waals surface area contributed by atoms with Crippen molar-refractivity contribution in [2.24, 2.45) is 0 Å². The van der Waals surface area contributed by atoms with Crippen molar-refractivity contribution in [1.82, 2.24) is 9.55 Å². The summed E-state index contributed by atoms with van der Waals surface area (Å²) in [5.74, 6) is -1.24. The van der Waals surface area contributed by atoms with Crippen molar-refractivity contribution in [3.8, 4) is 0 Å². The molecule has 0 saturated carbocycles. The third kappa shape index (κ3) is 6.46. The van der Waals surface area contributed by atoms with E-state index in [1.54, 1.807) is 39.8 Å². The van der Waals surface area contributed by atoms with Gasteiger partial charge in [-0.1, -0.05) is 6.08 Å². The zero-order valence-corrected chi connectivity index (χ0v) is 16.2. The van der Waals surface area contributed by atoms with Gasteiger partial charge in [-0.05, 0) is 33.8 Å². The van der Waals surface area contributed by atoms with Crippen LogP contribution in [0, 0.1) is 6.92 Å². The van der Waals surface area contributed by atoms with E-state index in [1.165, 1.54) is 10.8 Å². The highest BCUT2D eigenvalue weighted by Gasteiger charge is 2.23. The van der Waals surface area contributed by atoms with E-state index in [2.05, 4.69) is 4.98 Å². The first-order valence-electron chi connectivity index (χ1n) is 8.66. The maximum absolute atomic E-state index is 11.9. The summed E-state index contributed by atoms with van der Waals surface area (Å²) in [5.41, 5.74) is -1.32. The summed E-state index contributed by atoms with van der Waals surface area (Å²) in [4.78, 5) is 48.6. The summed E-state index contributed by atoms with van der Waals surface area (Å²) in [7, 11) is 0. The minimum atomic E-state index is -0.713. The van der Waals surface area contributed by atoms with Crippen LogP contribution in [0.2, 0.25) is 0 Å². The number of hydrogen-bond donors (Lipinski definition) is 1. The molecular formula is C18H24N2O8. The second-order valence-corrected chi connectivity index (χ2v) is 7.19. The van der Waals surface area contributed by atoms with Gasteiger partial charge in [0, 0.05) is 11.8 Å². The molecule has 1 aliphatic heterocycles. The lowest BCUT2D eigenvalue weighted by atomic mass is 10.2. The van der Waals surface area contributed by atoms with Crippen LogP contribution in [0.15, 0.2) is 27.9 Å². The Morgan fingerprint density at radius 3 is 2.54 bits per heavy atom. The van der Waals surface area contributed by atoms with Crippen LogP contribution < -0.4 is 11.2 Å². The van der Waals surface area contributed by atoms with Gasteiger partial charge in [0.05, 0.1) is 0 Å². The summed E-state index contributed by atoms with van der Waals surface area (Å²) in [6.45, 7) is 5.90. The van der Waals surface area contributed by atoms with Crippen molar-refractivity contribution >= 4 is 11.9 Å². The molecule has 0 aromatic carbocycles. The van der Waals surface area contributed by atoms with Gasteiger partial charge in [0.15, 0.2) is 6.23 Å². The van der Waals surface area contributed by atoms with Gasteiger partial charge in [0.25, 0.3) is 5.56 Å². The summed E-state index contributed by atoms with van der Waals surface area (Å²) in [6, 6.07) is 0. The maximum Gasteiger partial charge on any atom is 0.332 e. The molecule has 0 amide bonds. The fourth-order valence-corrected chi connectivity index (χ4v) is 2.32. The molecule has 0 radical (unpaired) electrons. The van der Waals surface area contributed by atoms with E-state index in [1.807, 2.05) is 0 Å². The molecular weight excluding hydrogens is 372 g/mol. The topological polar surface area (TPSA) is 126 Å². The van der Waals surface area contributed by atoms with Gasteiger partial charge in [0.2, 0.25) is 0 Å². The first kappa shape index (κ1) is 21.6. The summed E-state index contributed by atoms with van der Waals surface area (Å²) in [5, 5.41) is 0. The SMILES string of the molecule is Cc1cn(C2C=CC(COC(=O)COCC(=O)OC(C)(C)C)O2)c(=O)[nH]c1=O. The van der Waals surface area contributed by atoms with E-state index >= 15 is 0 Å². The molecule has 28 heavy (non-hydrogen) atoms. The molecule has 10 heteroatoms. The van der Waals surface area contributed by atoms with Crippen LogP contribution in [0.1, 0.15) is 32.6 Å². The molecule has 10 nitrogen and oxygen atoms in total. The summed E-state index contributed by atoms with van der Waals surface area (Å²) >= 11 is 0. The lowest BCUT2D eigenvalue weighted by molar-refractivity contribution is -0.164. The van der Waals surface area contributed by atoms with Crippen LogP contribution in [0.5, 0.6) is 0 Å². The van der Waals surface area contributed by atoms with Crippen LogP contribution in [0.3, 0.4) is 0 Å². The third-order valence-corrected chi connectivity index (χ3v) is 3.49. The molecule has 0 spiro atoms. The van der Waals surface area contributed by atoms with Gasteiger partial charge in [-0.2, -0.15) is 0 Å². The summed E-state index contributed by atoms with van der Waals surface area (Å²) < 4.78 is 21.9. The van der Waals surface area contributed by atoms with Crippen molar-refractivity contribution in [2.75, 3.05) is 19.8 Å². The molecule has 1 aromatic rings. The molecule has 1 N–H and O–H groups in total. The smallest absolute Gasteiger partial charge is 0.332 e. The Kier molecular flexibility index (Phi) is 6.92. The molecule has 2 atom stereocenters. The lowest BCUT2D eigenvalue weighted by Crippen LogP contribution is -2.33. The Bertz CT molecular complexity index is 862. The average molecular weight is 396 g/mol. The highest BCUT2D eigenvalue weighted by Crippen LogP contribution is 2.19. The Balaban J connectivity index is 1.73. The normalized spacial score (nSPS) is 18.9. The number of aromatic nitrogens is 2. The third-order valence-electron chi connectivity index (χ3n) is 3.49. The summed E-state index contributed by atoms with van der Waals surface area (Å²) in [6.07, 6.45) is 3.40. The first-order chi connectivity index (χ1) is 13.0. The molecule has 1 aromatic heterocycles. The van der Waals surface area contributed by atoms with Crippen LogP contribution >= 0.6 is 0 Å². The zero-order chi connectivity index (χ0) is 20.9. The fourth-order valence-electron chi connectivity index (χ4n) is 2.32. The number of nitrogens with zero attached hydrogens (tertiary/aromatic N) is 1. The molecule has 154 valence electrons. The van der Waals surface area contributed by atoms with Gasteiger partial charge in [-0.25, -0.2) is 14.4 Å². The number of esters is 2. The van der Waals surface area contributed by atoms with E-state index in [4.69, 9.17) is 18.9 Å². The number of aromatic amines is 1. The van der Waals surface area contributed by atoms with Gasteiger partial charge in [-0.3, -0.25) is 14.3 Å². The van der Waals surface area contributed by atoms with E-state index in [9.17, 15) is 19.2 Å². The van der Waals surface area contributed by atoms with E-state index in [-0.39, 0.29) is 13.2 Å². The number of hydrogen-bond acceptors (Lipinski definition) is 8. The highest BCUT2D eigenvalue weighted by molar-refractivity contribution is 5.73. The number of ether oxygens (including phenoxy) is 4. The molecule has 2 rings (SSSR count). The molecule has 0 fully saturated rings. The van der Waals surface area contributed by atoms with Crippen molar-refractivity contribution < 1.29 is 28.5 Å². The second kappa shape index (κ2) is 8.98. The second-order valence-electron chi connectivity index (χ2n) is 7.19. The Morgan fingerprint density at radius 2 is 1.86 bits per heavy atom. The van der Waals surface area contributed by atoms with E-state index in [0.717, 1.165) is 0 Å². The monoisotopic (exact) mass is 396 g/mol. The molecule has 1 aliphatic rings. The van der Waals surface area contributed by atoms with Gasteiger partial charge < -0.3 is 18.9 Å². The number of nitrogens with one attached hydrogen (secondary N) is 1. The van der Waals surface area contributed by atoms with Gasteiger partial charge >= 0.3 is 17.6 Å². The minimum absolute atomic E-state index is 0.0846. The Morgan fingerprint density at radius 1 is 1.18 bits per heavy atom.